The second kappa shape index (κ2) is 7.39. The number of nitrogens with zero attached hydrogens (tertiary/aromatic N) is 1. The number of benzene rings is 1. The van der Waals surface area contributed by atoms with Gasteiger partial charge in [0.15, 0.2) is 0 Å². The molecule has 0 saturated heterocycles. The minimum absolute atomic E-state index is 0.00434. The zero-order chi connectivity index (χ0) is 19.7. The Morgan fingerprint density at radius 2 is 1.32 bits per heavy atom. The number of hydrogen-bond acceptors (Lipinski definition) is 6. The number of primary amides is 1. The Labute approximate surface area is 148 Å². The molecule has 6 N–H and O–H groups in total. The molecule has 1 rings (SSSR count). The molecule has 0 aliphatic rings. The van der Waals surface area contributed by atoms with Gasteiger partial charge in [-0.25, -0.2) is 0 Å². The van der Waals surface area contributed by atoms with Gasteiger partial charge in [-0.05, 0) is 28.5 Å². The molecule has 0 aliphatic carbocycles. The van der Waals surface area contributed by atoms with Crippen molar-refractivity contribution >= 4 is 5.91 Å². The van der Waals surface area contributed by atoms with Crippen LogP contribution in [0.4, 0.5) is 0 Å². The normalized spacial score (nSPS) is 14.4. The van der Waals surface area contributed by atoms with E-state index in [0.29, 0.717) is 10.5 Å². The number of amides is 1. The van der Waals surface area contributed by atoms with E-state index in [1.807, 2.05) is 45.9 Å². The molecule has 0 bridgehead atoms. The monoisotopic (exact) mass is 354 g/mol. The fourth-order valence-corrected chi connectivity index (χ4v) is 3.21. The second-order valence-corrected chi connectivity index (χ2v) is 7.28. The molecule has 0 aliphatic heterocycles. The lowest BCUT2D eigenvalue weighted by molar-refractivity contribution is -0.380. The Balaban J connectivity index is 3.84. The van der Waals surface area contributed by atoms with Crippen molar-refractivity contribution in [3.05, 3.63) is 34.9 Å². The van der Waals surface area contributed by atoms with Crippen LogP contribution in [0.25, 0.3) is 0 Å². The van der Waals surface area contributed by atoms with Crippen molar-refractivity contribution in [2.45, 2.75) is 71.2 Å². The van der Waals surface area contributed by atoms with Gasteiger partial charge in [0.05, 0.1) is 0 Å². The molecule has 1 aromatic carbocycles. The maximum absolute atomic E-state index is 12.3. The Morgan fingerprint density at radius 1 is 0.960 bits per heavy atom. The summed E-state index contributed by atoms with van der Waals surface area (Å²) >= 11 is 0. The van der Waals surface area contributed by atoms with E-state index < -0.39 is 23.8 Å². The van der Waals surface area contributed by atoms with Gasteiger partial charge in [0.2, 0.25) is 17.7 Å². The molecule has 1 atom stereocenters. The third-order valence-corrected chi connectivity index (χ3v) is 4.13. The topological polar surface area (TPSA) is 127 Å². The van der Waals surface area contributed by atoms with Crippen LogP contribution in [-0.4, -0.2) is 43.1 Å². The van der Waals surface area contributed by atoms with Gasteiger partial charge in [0, 0.05) is 13.8 Å². The zero-order valence-electron chi connectivity index (χ0n) is 15.7. The molecular weight excluding hydrogens is 324 g/mol. The van der Waals surface area contributed by atoms with Gasteiger partial charge in [-0.2, -0.15) is 4.90 Å². The summed E-state index contributed by atoms with van der Waals surface area (Å²) in [5, 5.41) is 40.4. The van der Waals surface area contributed by atoms with E-state index in [1.165, 1.54) is 0 Å². The van der Waals surface area contributed by atoms with E-state index in [9.17, 15) is 25.2 Å². The molecule has 0 radical (unpaired) electrons. The predicted octanol–water partition coefficient (Wildman–Crippen LogP) is 1.08. The van der Waals surface area contributed by atoms with Crippen LogP contribution in [-0.2, 0) is 4.79 Å². The highest BCUT2D eigenvalue weighted by Gasteiger charge is 2.48. The van der Waals surface area contributed by atoms with Crippen molar-refractivity contribution in [2.75, 3.05) is 0 Å². The average molecular weight is 354 g/mol. The van der Waals surface area contributed by atoms with Crippen LogP contribution in [0.1, 0.15) is 76.1 Å². The van der Waals surface area contributed by atoms with E-state index in [0.717, 1.165) is 25.0 Å². The first kappa shape index (κ1) is 21.5. The first-order valence-electron chi connectivity index (χ1n) is 8.30. The number of rotatable bonds is 7. The second-order valence-electron chi connectivity index (χ2n) is 7.28. The minimum atomic E-state index is -2.70. The third-order valence-electron chi connectivity index (χ3n) is 4.13. The molecule has 0 aromatic heterocycles. The fraction of sp³-hybridized carbons (Fsp3) is 0.611. The largest absolute Gasteiger partial charge is 0.368 e. The highest BCUT2D eigenvalue weighted by molar-refractivity contribution is 5.82. The number of carbonyl (C=O) groups is 1. The van der Waals surface area contributed by atoms with Crippen molar-refractivity contribution in [1.29, 1.82) is 0 Å². The number of nitrogens with two attached hydrogens (primary N) is 1. The van der Waals surface area contributed by atoms with Crippen LogP contribution in [0.2, 0.25) is 0 Å². The number of aliphatic hydroxyl groups is 4. The van der Waals surface area contributed by atoms with Crippen LogP contribution in [0.15, 0.2) is 18.2 Å². The lowest BCUT2D eigenvalue weighted by Crippen LogP contribution is -2.62. The van der Waals surface area contributed by atoms with E-state index >= 15 is 0 Å². The molecule has 25 heavy (non-hydrogen) atoms. The minimum Gasteiger partial charge on any atom is -0.368 e. The molecule has 1 aromatic rings. The summed E-state index contributed by atoms with van der Waals surface area (Å²) in [4.78, 5) is 12.8. The Hall–Kier alpha value is -1.51. The average Bonchev–Trinajstić information content (AvgIpc) is 2.40. The van der Waals surface area contributed by atoms with Crippen molar-refractivity contribution in [2.24, 2.45) is 5.73 Å². The lowest BCUT2D eigenvalue weighted by atomic mass is 9.83. The summed E-state index contributed by atoms with van der Waals surface area (Å²) in [6.07, 6.45) is 0. The van der Waals surface area contributed by atoms with Crippen LogP contribution >= 0.6 is 0 Å². The number of hydrogen-bond donors (Lipinski definition) is 5. The summed E-state index contributed by atoms with van der Waals surface area (Å²) in [5.74, 6) is -6.31. The van der Waals surface area contributed by atoms with Crippen LogP contribution < -0.4 is 5.73 Å². The summed E-state index contributed by atoms with van der Waals surface area (Å²) in [6, 6.07) is 4.04. The fourth-order valence-electron chi connectivity index (χ4n) is 3.21. The van der Waals surface area contributed by atoms with E-state index in [1.54, 1.807) is 0 Å². The summed E-state index contributed by atoms with van der Waals surface area (Å²) in [7, 11) is 0. The van der Waals surface area contributed by atoms with Crippen LogP contribution in [0, 0.1) is 0 Å². The van der Waals surface area contributed by atoms with Crippen molar-refractivity contribution in [1.82, 2.24) is 4.90 Å². The van der Waals surface area contributed by atoms with Crippen LogP contribution in [0.5, 0.6) is 0 Å². The van der Waals surface area contributed by atoms with Crippen molar-refractivity contribution in [3.63, 3.8) is 0 Å². The molecule has 7 heteroatoms. The maximum atomic E-state index is 12.3. The van der Waals surface area contributed by atoms with Gasteiger partial charge in [-0.3, -0.25) is 4.79 Å². The Morgan fingerprint density at radius 3 is 1.56 bits per heavy atom. The SMILES string of the molecule is CC(C)c1cccc(C(C)C)c1[C@@H](C(N)=O)N(C(C)(O)O)C(C)(O)O. The van der Waals surface area contributed by atoms with Crippen molar-refractivity contribution in [3.8, 4) is 0 Å². The zero-order valence-corrected chi connectivity index (χ0v) is 15.7. The predicted molar refractivity (Wildman–Crippen MR) is 94.1 cm³/mol. The van der Waals surface area contributed by atoms with Gasteiger partial charge in [-0.15, -0.1) is 0 Å². The summed E-state index contributed by atoms with van der Waals surface area (Å²) in [6.45, 7) is 9.61. The molecule has 0 spiro atoms. The van der Waals surface area contributed by atoms with E-state index in [2.05, 4.69) is 0 Å². The summed E-state index contributed by atoms with van der Waals surface area (Å²) in [5.41, 5.74) is 7.58. The first-order chi connectivity index (χ1) is 11.2. The maximum Gasteiger partial charge on any atom is 0.239 e. The lowest BCUT2D eigenvalue weighted by Gasteiger charge is -2.44. The van der Waals surface area contributed by atoms with Gasteiger partial charge < -0.3 is 26.2 Å². The van der Waals surface area contributed by atoms with Crippen molar-refractivity contribution < 1.29 is 25.2 Å². The highest BCUT2D eigenvalue weighted by atomic mass is 16.6. The summed E-state index contributed by atoms with van der Waals surface area (Å²) < 4.78 is 0. The molecule has 7 nitrogen and oxygen atoms in total. The Kier molecular flexibility index (Phi) is 6.36. The van der Waals surface area contributed by atoms with Gasteiger partial charge in [-0.1, -0.05) is 45.9 Å². The van der Waals surface area contributed by atoms with Gasteiger partial charge in [0.1, 0.15) is 6.04 Å². The molecule has 0 fully saturated rings. The highest BCUT2D eigenvalue weighted by Crippen LogP contribution is 2.39. The molecule has 0 heterocycles. The standard InChI is InChI=1S/C18H30N2O5/c1-10(2)12-8-7-9-13(11(3)4)14(12)15(16(19)21)20(17(5,22)23)18(6,24)25/h7-11,15,22-25H,1-6H3,(H2,19,21)/t15-/m0/s1. The Bertz CT molecular complexity index is 575. The van der Waals surface area contributed by atoms with Gasteiger partial charge >= 0.3 is 0 Å². The molecule has 0 unspecified atom stereocenters. The third kappa shape index (κ3) is 4.77. The molecule has 0 saturated carbocycles. The van der Waals surface area contributed by atoms with E-state index in [-0.39, 0.29) is 11.8 Å². The number of carbonyl (C=O) groups excluding carboxylic acids is 1. The van der Waals surface area contributed by atoms with E-state index in [4.69, 9.17) is 5.73 Å². The first-order valence-corrected chi connectivity index (χ1v) is 8.30. The smallest absolute Gasteiger partial charge is 0.239 e. The van der Waals surface area contributed by atoms with Crippen LogP contribution in [0.3, 0.4) is 0 Å². The molecular formula is C18H30N2O5. The quantitative estimate of drug-likeness (QED) is 0.466. The molecule has 142 valence electrons. The molecule has 1 amide bonds. The van der Waals surface area contributed by atoms with Gasteiger partial charge in [0.25, 0.3) is 0 Å².